The van der Waals surface area contributed by atoms with Gasteiger partial charge in [0, 0.05) is 11.1 Å². The summed E-state index contributed by atoms with van der Waals surface area (Å²) in [5.41, 5.74) is 2.58. The molecule has 0 bridgehead atoms. The Morgan fingerprint density at radius 1 is 0.821 bits per heavy atom. The molecule has 0 unspecified atom stereocenters. The van der Waals surface area contributed by atoms with Crippen molar-refractivity contribution < 1.29 is 19.4 Å². The number of benzene rings is 3. The topological polar surface area (TPSA) is 67.8 Å². The highest BCUT2D eigenvalue weighted by molar-refractivity contribution is 5.86. The van der Waals surface area contributed by atoms with E-state index in [-0.39, 0.29) is 11.2 Å². The lowest BCUT2D eigenvalue weighted by atomic mass is 9.78. The van der Waals surface area contributed by atoms with Gasteiger partial charge in [-0.3, -0.25) is 5.32 Å². The van der Waals surface area contributed by atoms with Crippen LogP contribution >= 0.6 is 0 Å². The Labute approximate surface area is 164 Å². The van der Waals surface area contributed by atoms with Crippen molar-refractivity contribution in [3.8, 4) is 17.2 Å². The molecule has 0 aliphatic heterocycles. The summed E-state index contributed by atoms with van der Waals surface area (Å²) in [6, 6.07) is 21.6. The van der Waals surface area contributed by atoms with Crippen LogP contribution in [0.3, 0.4) is 0 Å². The zero-order valence-corrected chi connectivity index (χ0v) is 16.1. The molecule has 3 aromatic carbocycles. The number of carbonyl (C=O) groups excluding carboxylic acids is 1. The van der Waals surface area contributed by atoms with Crippen LogP contribution in [0.25, 0.3) is 0 Å². The number of nitrogens with one attached hydrogen (secondary N) is 1. The number of aromatic hydroxyl groups is 1. The Balaban J connectivity index is 1.66. The molecule has 0 radical (unpaired) electrons. The molecule has 0 aliphatic carbocycles. The first-order chi connectivity index (χ1) is 13.4. The summed E-state index contributed by atoms with van der Waals surface area (Å²) in [6.07, 6.45) is -0.560. The number of phenolic OH excluding ortho intramolecular Hbond substituents is 1. The normalized spacial score (nSPS) is 11.0. The summed E-state index contributed by atoms with van der Waals surface area (Å²) in [5, 5.41) is 12.2. The van der Waals surface area contributed by atoms with Crippen molar-refractivity contribution in [3.63, 3.8) is 0 Å². The first-order valence-electron chi connectivity index (χ1n) is 8.91. The third-order valence-corrected chi connectivity index (χ3v) is 4.71. The largest absolute Gasteiger partial charge is 0.508 e. The maximum Gasteiger partial charge on any atom is 0.417 e. The summed E-state index contributed by atoms with van der Waals surface area (Å²) in [5.74, 6) is 1.37. The van der Waals surface area contributed by atoms with Gasteiger partial charge in [-0.1, -0.05) is 38.1 Å². The van der Waals surface area contributed by atoms with Crippen LogP contribution in [-0.2, 0) is 5.41 Å². The average molecular weight is 377 g/mol. The van der Waals surface area contributed by atoms with Gasteiger partial charge in [-0.25, -0.2) is 4.79 Å². The number of amides is 1. The Morgan fingerprint density at radius 3 is 1.86 bits per heavy atom. The second-order valence-corrected chi connectivity index (χ2v) is 6.94. The quantitative estimate of drug-likeness (QED) is 0.630. The first kappa shape index (κ1) is 19.3. The molecule has 0 atom stereocenters. The number of phenols is 1. The fourth-order valence-corrected chi connectivity index (χ4v) is 2.91. The van der Waals surface area contributed by atoms with Crippen molar-refractivity contribution in [1.82, 2.24) is 0 Å². The summed E-state index contributed by atoms with van der Waals surface area (Å²) >= 11 is 0. The molecule has 28 heavy (non-hydrogen) atoms. The molecule has 5 nitrogen and oxygen atoms in total. The highest BCUT2D eigenvalue weighted by Crippen LogP contribution is 2.33. The number of rotatable bonds is 5. The number of methoxy groups -OCH3 is 1. The smallest absolute Gasteiger partial charge is 0.417 e. The fraction of sp³-hybridized carbons (Fsp3) is 0.174. The van der Waals surface area contributed by atoms with Crippen LogP contribution in [0.2, 0.25) is 0 Å². The predicted octanol–water partition coefficient (Wildman–Crippen LogP) is 5.34. The lowest BCUT2D eigenvalue weighted by Gasteiger charge is -2.26. The molecule has 3 aromatic rings. The molecule has 0 fully saturated rings. The Kier molecular flexibility index (Phi) is 5.54. The van der Waals surface area contributed by atoms with E-state index in [1.807, 2.05) is 36.4 Å². The molecule has 1 amide bonds. The van der Waals surface area contributed by atoms with Gasteiger partial charge in [-0.05, 0) is 59.7 Å². The Morgan fingerprint density at radius 2 is 1.32 bits per heavy atom. The second kappa shape index (κ2) is 8.05. The van der Waals surface area contributed by atoms with Crippen LogP contribution < -0.4 is 14.8 Å². The van der Waals surface area contributed by atoms with Crippen molar-refractivity contribution in [2.45, 2.75) is 19.3 Å². The summed E-state index contributed by atoms with van der Waals surface area (Å²) in [7, 11) is 1.58. The molecule has 3 rings (SSSR count). The molecule has 0 heterocycles. The monoisotopic (exact) mass is 377 g/mol. The zero-order chi connectivity index (χ0) is 20.1. The van der Waals surface area contributed by atoms with E-state index in [1.54, 1.807) is 43.5 Å². The maximum absolute atomic E-state index is 12.1. The summed E-state index contributed by atoms with van der Waals surface area (Å²) < 4.78 is 10.3. The van der Waals surface area contributed by atoms with Crippen molar-refractivity contribution in [1.29, 1.82) is 0 Å². The van der Waals surface area contributed by atoms with Gasteiger partial charge in [0.1, 0.15) is 17.2 Å². The van der Waals surface area contributed by atoms with Gasteiger partial charge in [-0.15, -0.1) is 0 Å². The summed E-state index contributed by atoms with van der Waals surface area (Å²) in [6.45, 7) is 4.22. The molecule has 0 aliphatic rings. The molecular formula is C23H23NO4. The van der Waals surface area contributed by atoms with E-state index in [1.165, 1.54) is 0 Å². The third-order valence-electron chi connectivity index (χ3n) is 4.71. The van der Waals surface area contributed by atoms with Crippen LogP contribution in [0.4, 0.5) is 10.5 Å². The number of anilines is 1. The second-order valence-electron chi connectivity index (χ2n) is 6.94. The minimum absolute atomic E-state index is 0.240. The Hall–Kier alpha value is -3.47. The number of hydrogen-bond donors (Lipinski definition) is 2. The number of ether oxygens (including phenoxy) is 2. The van der Waals surface area contributed by atoms with Crippen LogP contribution in [0.15, 0.2) is 72.8 Å². The molecule has 0 saturated carbocycles. The van der Waals surface area contributed by atoms with Gasteiger partial charge >= 0.3 is 6.09 Å². The van der Waals surface area contributed by atoms with Gasteiger partial charge in [0.2, 0.25) is 0 Å². The van der Waals surface area contributed by atoms with Crippen LogP contribution in [0.1, 0.15) is 25.0 Å². The van der Waals surface area contributed by atoms with Crippen molar-refractivity contribution in [2.24, 2.45) is 0 Å². The Bertz CT molecular complexity index is 930. The van der Waals surface area contributed by atoms with Crippen LogP contribution in [0, 0.1) is 0 Å². The predicted molar refractivity (Wildman–Crippen MR) is 109 cm³/mol. The van der Waals surface area contributed by atoms with E-state index in [4.69, 9.17) is 9.47 Å². The summed E-state index contributed by atoms with van der Waals surface area (Å²) in [4.78, 5) is 12.1. The van der Waals surface area contributed by atoms with E-state index in [9.17, 15) is 9.90 Å². The fourth-order valence-electron chi connectivity index (χ4n) is 2.91. The van der Waals surface area contributed by atoms with E-state index in [0.29, 0.717) is 17.2 Å². The van der Waals surface area contributed by atoms with Gasteiger partial charge in [0.05, 0.1) is 7.11 Å². The molecule has 144 valence electrons. The molecular weight excluding hydrogens is 354 g/mol. The van der Waals surface area contributed by atoms with E-state index < -0.39 is 6.09 Å². The van der Waals surface area contributed by atoms with E-state index in [0.717, 1.165) is 11.1 Å². The molecule has 0 aromatic heterocycles. The maximum atomic E-state index is 12.1. The minimum Gasteiger partial charge on any atom is -0.508 e. The van der Waals surface area contributed by atoms with Crippen molar-refractivity contribution in [2.75, 3.05) is 12.4 Å². The number of carbonyl (C=O) groups is 1. The van der Waals surface area contributed by atoms with Gasteiger partial charge in [-0.2, -0.15) is 0 Å². The highest BCUT2D eigenvalue weighted by Gasteiger charge is 2.23. The average Bonchev–Trinajstić information content (AvgIpc) is 2.69. The van der Waals surface area contributed by atoms with Crippen molar-refractivity contribution >= 4 is 11.8 Å². The van der Waals surface area contributed by atoms with E-state index in [2.05, 4.69) is 19.2 Å². The van der Waals surface area contributed by atoms with Gasteiger partial charge in [0.15, 0.2) is 0 Å². The van der Waals surface area contributed by atoms with Crippen molar-refractivity contribution in [3.05, 3.63) is 83.9 Å². The highest BCUT2D eigenvalue weighted by atomic mass is 16.6. The molecule has 2 N–H and O–H groups in total. The van der Waals surface area contributed by atoms with E-state index >= 15 is 0 Å². The van der Waals surface area contributed by atoms with Gasteiger partial charge < -0.3 is 14.6 Å². The standard InChI is InChI=1S/C23H23NO4/c1-23(2,17-6-10-19(25)11-7-17)16-4-8-18(9-5-16)24-22(26)28-21-14-12-20(27-3)13-15-21/h4-15,25H,1-3H3,(H,24,26). The third kappa shape index (κ3) is 4.43. The molecule has 0 spiro atoms. The first-order valence-corrected chi connectivity index (χ1v) is 8.91. The SMILES string of the molecule is COc1ccc(OC(=O)Nc2ccc(C(C)(C)c3ccc(O)cc3)cc2)cc1. The zero-order valence-electron chi connectivity index (χ0n) is 16.1. The molecule has 0 saturated heterocycles. The lowest BCUT2D eigenvalue weighted by molar-refractivity contribution is 0.215. The number of hydrogen-bond acceptors (Lipinski definition) is 4. The van der Waals surface area contributed by atoms with Crippen LogP contribution in [0.5, 0.6) is 17.2 Å². The molecule has 5 heteroatoms. The van der Waals surface area contributed by atoms with Gasteiger partial charge in [0.25, 0.3) is 0 Å². The lowest BCUT2D eigenvalue weighted by Crippen LogP contribution is -2.19. The minimum atomic E-state index is -0.560. The van der Waals surface area contributed by atoms with Crippen LogP contribution in [-0.4, -0.2) is 18.3 Å².